The zero-order chi connectivity index (χ0) is 22.3. The van der Waals surface area contributed by atoms with E-state index in [1.165, 1.54) is 6.26 Å². The van der Waals surface area contributed by atoms with Crippen molar-refractivity contribution in [3.8, 4) is 5.75 Å². The Morgan fingerprint density at radius 2 is 1.69 bits per heavy atom. The number of carbonyl (C=O) groups is 2. The lowest BCUT2D eigenvalue weighted by Crippen LogP contribution is -2.51. The Kier molecular flexibility index (Phi) is 6.87. The second-order valence-electron chi connectivity index (χ2n) is 7.54. The highest BCUT2D eigenvalue weighted by Crippen LogP contribution is 2.28. The van der Waals surface area contributed by atoms with Crippen molar-refractivity contribution in [3.63, 3.8) is 0 Å². The summed E-state index contributed by atoms with van der Waals surface area (Å²) in [6.07, 6.45) is 1.50. The topological polar surface area (TPSA) is 75.0 Å². The predicted octanol–water partition coefficient (Wildman–Crippen LogP) is 3.82. The molecule has 0 aliphatic carbocycles. The number of anilines is 1. The van der Waals surface area contributed by atoms with Gasteiger partial charge in [0.15, 0.2) is 5.76 Å². The number of ether oxygens (including phenoxy) is 1. The molecule has 0 spiro atoms. The molecule has 0 saturated carbocycles. The average Bonchev–Trinajstić information content (AvgIpc) is 3.36. The van der Waals surface area contributed by atoms with Crippen LogP contribution in [0.15, 0.2) is 77.4 Å². The van der Waals surface area contributed by atoms with Gasteiger partial charge in [0.1, 0.15) is 11.8 Å². The summed E-state index contributed by atoms with van der Waals surface area (Å²) in [6, 6.07) is 20.0. The second-order valence-corrected chi connectivity index (χ2v) is 7.54. The highest BCUT2D eigenvalue weighted by molar-refractivity contribution is 5.97. The van der Waals surface area contributed by atoms with Crippen LogP contribution in [0.5, 0.6) is 5.75 Å². The highest BCUT2D eigenvalue weighted by Gasteiger charge is 2.32. The first-order valence-corrected chi connectivity index (χ1v) is 10.8. The standard InChI is InChI=1S/C25H27N3O4/c1-2-31-21-12-7-6-11-20(21)26-24(29)23(19-9-4-3-5-10-19)27-14-16-28(17-15-27)25(30)22-13-8-18-32-22/h3-13,18,23H,2,14-17H2,1H3,(H,26,29)/t23-/m1/s1. The summed E-state index contributed by atoms with van der Waals surface area (Å²) >= 11 is 0. The summed E-state index contributed by atoms with van der Waals surface area (Å²) in [7, 11) is 0. The number of hydrogen-bond donors (Lipinski definition) is 1. The van der Waals surface area contributed by atoms with Crippen LogP contribution in [0.25, 0.3) is 0 Å². The van der Waals surface area contributed by atoms with Gasteiger partial charge in [-0.3, -0.25) is 14.5 Å². The second kappa shape index (κ2) is 10.2. The van der Waals surface area contributed by atoms with Crippen LogP contribution >= 0.6 is 0 Å². The third-order valence-corrected chi connectivity index (χ3v) is 5.51. The maximum atomic E-state index is 13.5. The Bertz CT molecular complexity index is 1030. The number of amides is 2. The highest BCUT2D eigenvalue weighted by atomic mass is 16.5. The van der Waals surface area contributed by atoms with Crippen LogP contribution in [-0.2, 0) is 4.79 Å². The summed E-state index contributed by atoms with van der Waals surface area (Å²) in [5.74, 6) is 0.725. The molecule has 0 radical (unpaired) electrons. The van der Waals surface area contributed by atoms with Crippen molar-refractivity contribution in [2.75, 3.05) is 38.1 Å². The molecule has 166 valence electrons. The normalized spacial score (nSPS) is 15.2. The molecule has 3 aromatic rings. The monoisotopic (exact) mass is 433 g/mol. The summed E-state index contributed by atoms with van der Waals surface area (Å²) in [4.78, 5) is 29.9. The lowest BCUT2D eigenvalue weighted by Gasteiger charge is -2.38. The minimum absolute atomic E-state index is 0.124. The molecule has 32 heavy (non-hydrogen) atoms. The molecule has 7 nitrogen and oxygen atoms in total. The van der Waals surface area contributed by atoms with Gasteiger partial charge in [-0.05, 0) is 36.8 Å². The van der Waals surface area contributed by atoms with Crippen LogP contribution in [-0.4, -0.2) is 54.4 Å². The molecule has 1 aliphatic rings. The first kappa shape index (κ1) is 21.6. The first-order chi connectivity index (χ1) is 15.7. The Labute approximate surface area is 187 Å². The molecule has 1 saturated heterocycles. The van der Waals surface area contributed by atoms with Gasteiger partial charge in [0.25, 0.3) is 5.91 Å². The van der Waals surface area contributed by atoms with Crippen LogP contribution in [0, 0.1) is 0 Å². The SMILES string of the molecule is CCOc1ccccc1NC(=O)[C@@H](c1ccccc1)N1CCN(C(=O)c2ccco2)CC1. The molecule has 0 unspecified atom stereocenters. The molecule has 7 heteroatoms. The van der Waals surface area contributed by atoms with Gasteiger partial charge in [0, 0.05) is 26.2 Å². The maximum absolute atomic E-state index is 13.5. The molecule has 1 aromatic heterocycles. The summed E-state index contributed by atoms with van der Waals surface area (Å²) < 4.78 is 10.9. The molecule has 1 fully saturated rings. The van der Waals surface area contributed by atoms with Crippen molar-refractivity contribution in [1.29, 1.82) is 0 Å². The Morgan fingerprint density at radius 3 is 2.38 bits per heavy atom. The van der Waals surface area contributed by atoms with Gasteiger partial charge in [-0.25, -0.2) is 0 Å². The van der Waals surface area contributed by atoms with E-state index in [4.69, 9.17) is 9.15 Å². The third-order valence-electron chi connectivity index (χ3n) is 5.51. The number of hydrogen-bond acceptors (Lipinski definition) is 5. The molecule has 4 rings (SSSR count). The van der Waals surface area contributed by atoms with Crippen LogP contribution in [0.1, 0.15) is 29.1 Å². The summed E-state index contributed by atoms with van der Waals surface area (Å²) in [6.45, 7) is 4.62. The molecule has 2 amide bonds. The van der Waals surface area contributed by atoms with Crippen LogP contribution in [0.4, 0.5) is 5.69 Å². The van der Waals surface area contributed by atoms with Gasteiger partial charge >= 0.3 is 0 Å². The number of nitrogens with zero attached hydrogens (tertiary/aromatic N) is 2. The van der Waals surface area contributed by atoms with Crippen LogP contribution in [0.3, 0.4) is 0 Å². The van der Waals surface area contributed by atoms with Gasteiger partial charge in [-0.15, -0.1) is 0 Å². The minimum Gasteiger partial charge on any atom is -0.492 e. The van der Waals surface area contributed by atoms with Crippen LogP contribution in [0.2, 0.25) is 0 Å². The fourth-order valence-corrected chi connectivity index (χ4v) is 3.96. The molecule has 1 aliphatic heterocycles. The maximum Gasteiger partial charge on any atom is 0.289 e. The minimum atomic E-state index is -0.480. The number of carbonyl (C=O) groups excluding carboxylic acids is 2. The zero-order valence-electron chi connectivity index (χ0n) is 18.1. The fraction of sp³-hybridized carbons (Fsp3) is 0.280. The van der Waals surface area contributed by atoms with E-state index < -0.39 is 6.04 Å². The van der Waals surface area contributed by atoms with Crippen molar-refractivity contribution < 1.29 is 18.7 Å². The van der Waals surface area contributed by atoms with Crippen molar-refractivity contribution in [2.24, 2.45) is 0 Å². The van der Waals surface area contributed by atoms with E-state index >= 15 is 0 Å². The molecule has 1 N–H and O–H groups in total. The van der Waals surface area contributed by atoms with Gasteiger partial charge < -0.3 is 19.4 Å². The van der Waals surface area contributed by atoms with E-state index in [1.807, 2.05) is 61.5 Å². The van der Waals surface area contributed by atoms with Gasteiger partial charge in [0.05, 0.1) is 18.6 Å². The van der Waals surface area contributed by atoms with E-state index in [-0.39, 0.29) is 11.8 Å². The lowest BCUT2D eigenvalue weighted by atomic mass is 10.0. The van der Waals surface area contributed by atoms with E-state index in [0.717, 1.165) is 5.56 Å². The molecular weight excluding hydrogens is 406 g/mol. The first-order valence-electron chi connectivity index (χ1n) is 10.8. The summed E-state index contributed by atoms with van der Waals surface area (Å²) in [5, 5.41) is 3.05. The van der Waals surface area contributed by atoms with E-state index in [9.17, 15) is 9.59 Å². The third kappa shape index (κ3) is 4.84. The Balaban J connectivity index is 1.51. The molecule has 2 aromatic carbocycles. The van der Waals surface area contributed by atoms with E-state index in [1.54, 1.807) is 17.0 Å². The van der Waals surface area contributed by atoms with Crippen molar-refractivity contribution in [2.45, 2.75) is 13.0 Å². The number of rotatable bonds is 7. The smallest absolute Gasteiger partial charge is 0.289 e. The molecule has 1 atom stereocenters. The zero-order valence-corrected chi connectivity index (χ0v) is 18.1. The number of piperazine rings is 1. The molecular formula is C25H27N3O4. The number of furan rings is 1. The van der Waals surface area contributed by atoms with Crippen LogP contribution < -0.4 is 10.1 Å². The van der Waals surface area contributed by atoms with Crippen molar-refractivity contribution in [1.82, 2.24) is 9.80 Å². The largest absolute Gasteiger partial charge is 0.492 e. The number of benzene rings is 2. The summed E-state index contributed by atoms with van der Waals surface area (Å²) in [5.41, 5.74) is 1.55. The molecule has 2 heterocycles. The quantitative estimate of drug-likeness (QED) is 0.613. The van der Waals surface area contributed by atoms with E-state index in [2.05, 4.69) is 10.2 Å². The van der Waals surface area contributed by atoms with Gasteiger partial charge in [-0.2, -0.15) is 0 Å². The average molecular weight is 434 g/mol. The Morgan fingerprint density at radius 1 is 0.969 bits per heavy atom. The number of para-hydroxylation sites is 2. The van der Waals surface area contributed by atoms with Crippen molar-refractivity contribution >= 4 is 17.5 Å². The fourth-order valence-electron chi connectivity index (χ4n) is 3.96. The molecule has 0 bridgehead atoms. The Hall–Kier alpha value is -3.58. The number of nitrogens with one attached hydrogen (secondary N) is 1. The predicted molar refractivity (Wildman–Crippen MR) is 122 cm³/mol. The van der Waals surface area contributed by atoms with Gasteiger partial charge in [0.2, 0.25) is 5.91 Å². The van der Waals surface area contributed by atoms with E-state index in [0.29, 0.717) is 50.0 Å². The van der Waals surface area contributed by atoms with Crippen molar-refractivity contribution in [3.05, 3.63) is 84.3 Å². The van der Waals surface area contributed by atoms with Gasteiger partial charge in [-0.1, -0.05) is 42.5 Å². The lowest BCUT2D eigenvalue weighted by molar-refractivity contribution is -0.122.